The van der Waals surface area contributed by atoms with Crippen LogP contribution in [0.3, 0.4) is 0 Å². The Morgan fingerprint density at radius 2 is 1.81 bits per heavy atom. The zero-order chi connectivity index (χ0) is 12.2. The SMILES string of the molecule is CC(C)(C)N(CC(=O)O)Cc1ccccc1. The van der Waals surface area contributed by atoms with Gasteiger partial charge in [0.05, 0.1) is 6.54 Å². The second kappa shape index (κ2) is 5.12. The number of carboxylic acid groups (broad SMARTS) is 1. The summed E-state index contributed by atoms with van der Waals surface area (Å²) in [7, 11) is 0. The maximum Gasteiger partial charge on any atom is 0.317 e. The summed E-state index contributed by atoms with van der Waals surface area (Å²) in [5.41, 5.74) is 0.993. The molecule has 0 aliphatic rings. The van der Waals surface area contributed by atoms with E-state index >= 15 is 0 Å². The molecule has 0 fully saturated rings. The molecule has 0 aromatic heterocycles. The van der Waals surface area contributed by atoms with E-state index in [9.17, 15) is 4.79 Å². The van der Waals surface area contributed by atoms with Gasteiger partial charge in [-0.3, -0.25) is 9.69 Å². The molecule has 0 aliphatic carbocycles. The second-order valence-electron chi connectivity index (χ2n) is 4.91. The minimum atomic E-state index is -0.786. The molecule has 0 unspecified atom stereocenters. The summed E-state index contributed by atoms with van der Waals surface area (Å²) in [5.74, 6) is -0.786. The molecule has 0 spiro atoms. The topological polar surface area (TPSA) is 40.5 Å². The highest BCUT2D eigenvalue weighted by Crippen LogP contribution is 2.16. The summed E-state index contributed by atoms with van der Waals surface area (Å²) in [5, 5.41) is 8.88. The molecule has 0 bridgehead atoms. The Balaban J connectivity index is 2.75. The van der Waals surface area contributed by atoms with Crippen molar-refractivity contribution < 1.29 is 9.90 Å². The number of aliphatic carboxylic acids is 1. The van der Waals surface area contributed by atoms with Crippen molar-refractivity contribution in [1.29, 1.82) is 0 Å². The van der Waals surface area contributed by atoms with Crippen LogP contribution in [-0.2, 0) is 11.3 Å². The quantitative estimate of drug-likeness (QED) is 0.848. The molecule has 3 nitrogen and oxygen atoms in total. The zero-order valence-corrected chi connectivity index (χ0v) is 10.1. The van der Waals surface area contributed by atoms with Crippen LogP contribution < -0.4 is 0 Å². The van der Waals surface area contributed by atoms with Crippen LogP contribution in [0.5, 0.6) is 0 Å². The first-order valence-electron chi connectivity index (χ1n) is 5.40. The van der Waals surface area contributed by atoms with Gasteiger partial charge in [-0.1, -0.05) is 30.3 Å². The molecule has 1 aromatic carbocycles. The summed E-state index contributed by atoms with van der Waals surface area (Å²) in [4.78, 5) is 12.8. The molecule has 1 N–H and O–H groups in total. The molecule has 3 heteroatoms. The first-order valence-corrected chi connectivity index (χ1v) is 5.40. The highest BCUT2D eigenvalue weighted by Gasteiger charge is 2.23. The fraction of sp³-hybridized carbons (Fsp3) is 0.462. The minimum absolute atomic E-state index is 0.0679. The van der Waals surface area contributed by atoms with E-state index in [0.29, 0.717) is 6.54 Å². The Morgan fingerprint density at radius 3 is 2.25 bits per heavy atom. The van der Waals surface area contributed by atoms with Crippen molar-refractivity contribution in [3.8, 4) is 0 Å². The van der Waals surface area contributed by atoms with Gasteiger partial charge in [-0.25, -0.2) is 0 Å². The van der Waals surface area contributed by atoms with Crippen molar-refractivity contribution >= 4 is 5.97 Å². The summed E-state index contributed by atoms with van der Waals surface area (Å²) < 4.78 is 0. The Hall–Kier alpha value is -1.35. The van der Waals surface area contributed by atoms with Crippen LogP contribution in [0.4, 0.5) is 0 Å². The number of rotatable bonds is 4. The number of carboxylic acids is 1. The minimum Gasteiger partial charge on any atom is -0.480 e. The third-order valence-corrected chi connectivity index (χ3v) is 2.49. The maximum atomic E-state index is 10.8. The number of benzene rings is 1. The lowest BCUT2D eigenvalue weighted by molar-refractivity contribution is -0.139. The standard InChI is InChI=1S/C13H19NO2/c1-13(2,3)14(10-12(15)16)9-11-7-5-4-6-8-11/h4-8H,9-10H2,1-3H3,(H,15,16). The molecular weight excluding hydrogens is 202 g/mol. The normalized spacial score (nSPS) is 11.8. The zero-order valence-electron chi connectivity index (χ0n) is 10.1. The lowest BCUT2D eigenvalue weighted by Gasteiger charge is -2.34. The van der Waals surface area contributed by atoms with Crippen LogP contribution in [0.25, 0.3) is 0 Å². The molecule has 88 valence electrons. The van der Waals surface area contributed by atoms with Gasteiger partial charge in [-0.15, -0.1) is 0 Å². The number of nitrogens with zero attached hydrogens (tertiary/aromatic N) is 1. The molecule has 0 aliphatic heterocycles. The van der Waals surface area contributed by atoms with Gasteiger partial charge < -0.3 is 5.11 Å². The highest BCUT2D eigenvalue weighted by molar-refractivity contribution is 5.69. The van der Waals surface area contributed by atoms with E-state index in [1.165, 1.54) is 0 Å². The van der Waals surface area contributed by atoms with E-state index in [2.05, 4.69) is 0 Å². The summed E-state index contributed by atoms with van der Waals surface area (Å²) >= 11 is 0. The largest absolute Gasteiger partial charge is 0.480 e. The molecule has 16 heavy (non-hydrogen) atoms. The van der Waals surface area contributed by atoms with Crippen LogP contribution >= 0.6 is 0 Å². The van der Waals surface area contributed by atoms with Crippen LogP contribution in [0, 0.1) is 0 Å². The van der Waals surface area contributed by atoms with Crippen molar-refractivity contribution in [1.82, 2.24) is 4.90 Å². The maximum absolute atomic E-state index is 10.8. The third kappa shape index (κ3) is 4.03. The number of carbonyl (C=O) groups is 1. The number of hydrogen-bond donors (Lipinski definition) is 1. The Bertz CT molecular complexity index is 341. The van der Waals surface area contributed by atoms with Crippen molar-refractivity contribution in [3.05, 3.63) is 35.9 Å². The summed E-state index contributed by atoms with van der Waals surface area (Å²) in [6, 6.07) is 9.93. The van der Waals surface area contributed by atoms with Gasteiger partial charge >= 0.3 is 5.97 Å². The fourth-order valence-corrected chi connectivity index (χ4v) is 1.50. The van der Waals surface area contributed by atoms with E-state index in [1.54, 1.807) is 0 Å². The first-order chi connectivity index (χ1) is 7.39. The van der Waals surface area contributed by atoms with E-state index in [-0.39, 0.29) is 12.1 Å². The molecule has 0 saturated carbocycles. The van der Waals surface area contributed by atoms with Crippen molar-refractivity contribution in [3.63, 3.8) is 0 Å². The third-order valence-electron chi connectivity index (χ3n) is 2.49. The first kappa shape index (κ1) is 12.7. The predicted octanol–water partition coefficient (Wildman–Crippen LogP) is 2.37. The van der Waals surface area contributed by atoms with Gasteiger partial charge in [-0.2, -0.15) is 0 Å². The average Bonchev–Trinajstić information content (AvgIpc) is 2.16. The van der Waals surface area contributed by atoms with E-state index in [1.807, 2.05) is 56.0 Å². The van der Waals surface area contributed by atoms with Gasteiger partial charge in [0.25, 0.3) is 0 Å². The Labute approximate surface area is 96.7 Å². The van der Waals surface area contributed by atoms with E-state index < -0.39 is 5.97 Å². The van der Waals surface area contributed by atoms with Gasteiger partial charge in [0.2, 0.25) is 0 Å². The Kier molecular flexibility index (Phi) is 4.07. The Morgan fingerprint density at radius 1 is 1.25 bits per heavy atom. The molecule has 1 aromatic rings. The monoisotopic (exact) mass is 221 g/mol. The van der Waals surface area contributed by atoms with Gasteiger partial charge in [0, 0.05) is 12.1 Å². The lowest BCUT2D eigenvalue weighted by Crippen LogP contribution is -2.43. The van der Waals surface area contributed by atoms with Crippen molar-refractivity contribution in [2.45, 2.75) is 32.9 Å². The smallest absolute Gasteiger partial charge is 0.317 e. The highest BCUT2D eigenvalue weighted by atomic mass is 16.4. The fourth-order valence-electron chi connectivity index (χ4n) is 1.50. The van der Waals surface area contributed by atoms with Crippen LogP contribution in [0.15, 0.2) is 30.3 Å². The van der Waals surface area contributed by atoms with E-state index in [0.717, 1.165) is 5.56 Å². The van der Waals surface area contributed by atoms with Crippen LogP contribution in [0.1, 0.15) is 26.3 Å². The molecule has 0 amide bonds. The van der Waals surface area contributed by atoms with Crippen molar-refractivity contribution in [2.24, 2.45) is 0 Å². The molecule has 0 saturated heterocycles. The average molecular weight is 221 g/mol. The predicted molar refractivity (Wildman–Crippen MR) is 64.2 cm³/mol. The van der Waals surface area contributed by atoms with Gasteiger partial charge in [-0.05, 0) is 26.3 Å². The summed E-state index contributed by atoms with van der Waals surface area (Å²) in [6.45, 7) is 6.81. The molecular formula is C13H19NO2. The van der Waals surface area contributed by atoms with Crippen molar-refractivity contribution in [2.75, 3.05) is 6.54 Å². The number of hydrogen-bond acceptors (Lipinski definition) is 2. The second-order valence-corrected chi connectivity index (χ2v) is 4.91. The molecule has 0 atom stereocenters. The molecule has 1 rings (SSSR count). The summed E-state index contributed by atoms with van der Waals surface area (Å²) in [6.07, 6.45) is 0. The lowest BCUT2D eigenvalue weighted by atomic mass is 10.0. The molecule has 0 heterocycles. The van der Waals surface area contributed by atoms with Crippen LogP contribution in [-0.4, -0.2) is 28.1 Å². The molecule has 0 radical (unpaired) electrons. The van der Waals surface area contributed by atoms with Gasteiger partial charge in [0.15, 0.2) is 0 Å². The van der Waals surface area contributed by atoms with Crippen LogP contribution in [0.2, 0.25) is 0 Å². The van der Waals surface area contributed by atoms with E-state index in [4.69, 9.17) is 5.11 Å². The van der Waals surface area contributed by atoms with Gasteiger partial charge in [0.1, 0.15) is 0 Å².